The molecule has 2 amide bonds. The summed E-state index contributed by atoms with van der Waals surface area (Å²) in [6.07, 6.45) is 0.0655. The number of hydrogen-bond donors (Lipinski definition) is 2. The average molecular weight is 529 g/mol. The lowest BCUT2D eigenvalue weighted by Gasteiger charge is -2.18. The summed E-state index contributed by atoms with van der Waals surface area (Å²) in [5.74, 6) is -2.32. The number of hydrogen-bond acceptors (Lipinski definition) is 7. The highest BCUT2D eigenvalue weighted by Crippen LogP contribution is 2.22. The van der Waals surface area contributed by atoms with Crippen LogP contribution in [0.25, 0.3) is 11.0 Å². The maximum absolute atomic E-state index is 13.3. The third-order valence-corrected chi connectivity index (χ3v) is 6.06. The fourth-order valence-electron chi connectivity index (χ4n) is 4.01. The van der Waals surface area contributed by atoms with E-state index in [9.17, 15) is 19.2 Å². The van der Waals surface area contributed by atoms with Crippen LogP contribution in [0, 0.1) is 6.92 Å². The highest BCUT2D eigenvalue weighted by molar-refractivity contribution is 6.38. The number of carbonyl (C=O) groups excluding carboxylic acids is 3. The van der Waals surface area contributed by atoms with E-state index < -0.39 is 29.1 Å². The third-order valence-electron chi connectivity index (χ3n) is 6.06. The van der Waals surface area contributed by atoms with E-state index in [-0.39, 0.29) is 42.1 Å². The molecule has 200 valence electrons. The van der Waals surface area contributed by atoms with Gasteiger partial charge in [-0.1, -0.05) is 60.7 Å². The highest BCUT2D eigenvalue weighted by Gasteiger charge is 2.29. The SMILES string of the molecule is COCOc1ccc2c(=O)c(C)c(C(=O)N[C@@H](Cc3ccccc3)C(=O)C(=O)NCc3ccccc3)oc2c1. The van der Waals surface area contributed by atoms with Crippen LogP contribution in [-0.2, 0) is 27.3 Å². The number of Topliss-reactive ketones (excluding diaryl/α,β-unsaturated/α-hetero) is 1. The molecule has 0 bridgehead atoms. The van der Waals surface area contributed by atoms with Crippen LogP contribution in [0.2, 0.25) is 0 Å². The molecule has 0 unspecified atom stereocenters. The van der Waals surface area contributed by atoms with Crippen LogP contribution in [0.3, 0.4) is 0 Å². The van der Waals surface area contributed by atoms with Crippen molar-refractivity contribution in [3.05, 3.63) is 112 Å². The Balaban J connectivity index is 1.59. The van der Waals surface area contributed by atoms with E-state index >= 15 is 0 Å². The summed E-state index contributed by atoms with van der Waals surface area (Å²) in [6.45, 7) is 1.62. The lowest BCUT2D eigenvalue weighted by atomic mass is 10.0. The molecule has 0 saturated heterocycles. The quantitative estimate of drug-likeness (QED) is 0.226. The van der Waals surface area contributed by atoms with Crippen molar-refractivity contribution in [2.45, 2.75) is 25.9 Å². The second-order valence-electron chi connectivity index (χ2n) is 8.84. The van der Waals surface area contributed by atoms with Gasteiger partial charge in [-0.3, -0.25) is 19.2 Å². The second kappa shape index (κ2) is 12.7. The monoisotopic (exact) mass is 528 g/mol. The van der Waals surface area contributed by atoms with Crippen molar-refractivity contribution in [1.82, 2.24) is 10.6 Å². The smallest absolute Gasteiger partial charge is 0.289 e. The molecule has 0 saturated carbocycles. The van der Waals surface area contributed by atoms with Crippen LogP contribution in [0.1, 0.15) is 27.2 Å². The van der Waals surface area contributed by atoms with Gasteiger partial charge >= 0.3 is 0 Å². The zero-order valence-electron chi connectivity index (χ0n) is 21.6. The number of ether oxygens (including phenoxy) is 2. The minimum absolute atomic E-state index is 0.00937. The fraction of sp³-hybridized carbons (Fsp3) is 0.200. The Kier molecular flexibility index (Phi) is 8.86. The van der Waals surface area contributed by atoms with E-state index in [1.807, 2.05) is 36.4 Å². The summed E-state index contributed by atoms with van der Waals surface area (Å²) < 4.78 is 16.1. The summed E-state index contributed by atoms with van der Waals surface area (Å²) in [4.78, 5) is 52.3. The van der Waals surface area contributed by atoms with Gasteiger partial charge in [0.25, 0.3) is 11.8 Å². The number of benzene rings is 3. The first-order valence-electron chi connectivity index (χ1n) is 12.3. The van der Waals surface area contributed by atoms with Gasteiger partial charge in [-0.15, -0.1) is 0 Å². The number of ketones is 1. The van der Waals surface area contributed by atoms with E-state index in [2.05, 4.69) is 10.6 Å². The van der Waals surface area contributed by atoms with Gasteiger partial charge < -0.3 is 24.5 Å². The number of methoxy groups -OCH3 is 1. The third kappa shape index (κ3) is 6.77. The van der Waals surface area contributed by atoms with Crippen molar-refractivity contribution < 1.29 is 28.3 Å². The van der Waals surface area contributed by atoms with E-state index in [4.69, 9.17) is 13.9 Å². The maximum atomic E-state index is 13.3. The summed E-state index contributed by atoms with van der Waals surface area (Å²) in [6, 6.07) is 21.6. The predicted octanol–water partition coefficient (Wildman–Crippen LogP) is 3.31. The van der Waals surface area contributed by atoms with Gasteiger partial charge in [0.05, 0.1) is 5.39 Å². The van der Waals surface area contributed by atoms with E-state index in [1.165, 1.54) is 20.1 Å². The molecule has 39 heavy (non-hydrogen) atoms. The van der Waals surface area contributed by atoms with Crippen LogP contribution in [0.5, 0.6) is 5.75 Å². The van der Waals surface area contributed by atoms with Gasteiger partial charge in [-0.05, 0) is 30.2 Å². The second-order valence-corrected chi connectivity index (χ2v) is 8.84. The average Bonchev–Trinajstić information content (AvgIpc) is 2.96. The van der Waals surface area contributed by atoms with Gasteiger partial charge in [-0.2, -0.15) is 0 Å². The van der Waals surface area contributed by atoms with Crippen molar-refractivity contribution in [1.29, 1.82) is 0 Å². The molecular formula is C30H28N2O7. The lowest BCUT2D eigenvalue weighted by molar-refractivity contribution is -0.139. The lowest BCUT2D eigenvalue weighted by Crippen LogP contribution is -2.48. The van der Waals surface area contributed by atoms with Crippen molar-refractivity contribution >= 4 is 28.6 Å². The molecule has 0 fully saturated rings. The van der Waals surface area contributed by atoms with Crippen LogP contribution in [0.15, 0.2) is 88.1 Å². The van der Waals surface area contributed by atoms with Crippen molar-refractivity contribution in [3.8, 4) is 5.75 Å². The molecule has 0 aliphatic rings. The fourth-order valence-corrected chi connectivity index (χ4v) is 4.01. The van der Waals surface area contributed by atoms with E-state index in [0.29, 0.717) is 5.75 Å². The van der Waals surface area contributed by atoms with Crippen LogP contribution in [0.4, 0.5) is 0 Å². The maximum Gasteiger partial charge on any atom is 0.289 e. The van der Waals surface area contributed by atoms with Crippen LogP contribution in [-0.4, -0.2) is 37.5 Å². The first-order chi connectivity index (χ1) is 18.9. The van der Waals surface area contributed by atoms with Crippen LogP contribution < -0.4 is 20.8 Å². The minimum atomic E-state index is -1.20. The number of nitrogens with one attached hydrogen (secondary N) is 2. The largest absolute Gasteiger partial charge is 0.467 e. The number of rotatable bonds is 11. The zero-order chi connectivity index (χ0) is 27.8. The summed E-state index contributed by atoms with van der Waals surface area (Å²) >= 11 is 0. The van der Waals surface area contributed by atoms with Crippen LogP contribution >= 0.6 is 0 Å². The number of fused-ring (bicyclic) bond motifs is 1. The molecular weight excluding hydrogens is 500 g/mol. The molecule has 4 rings (SSSR count). The summed E-state index contributed by atoms with van der Waals surface area (Å²) in [5, 5.41) is 5.49. The first-order valence-corrected chi connectivity index (χ1v) is 12.3. The molecule has 2 N–H and O–H groups in total. The number of amides is 2. The van der Waals surface area contributed by atoms with Gasteiger partial charge in [0, 0.05) is 31.7 Å². The Hall–Kier alpha value is -4.76. The molecule has 3 aromatic carbocycles. The molecule has 9 heteroatoms. The van der Waals surface area contributed by atoms with E-state index in [0.717, 1.165) is 11.1 Å². The van der Waals surface area contributed by atoms with Gasteiger partial charge in [0.1, 0.15) is 17.4 Å². The molecule has 9 nitrogen and oxygen atoms in total. The van der Waals surface area contributed by atoms with Crippen molar-refractivity contribution in [2.24, 2.45) is 0 Å². The van der Waals surface area contributed by atoms with Crippen molar-refractivity contribution in [2.75, 3.05) is 13.9 Å². The number of carbonyl (C=O) groups is 3. The summed E-state index contributed by atoms with van der Waals surface area (Å²) in [7, 11) is 1.47. The van der Waals surface area contributed by atoms with Gasteiger partial charge in [0.15, 0.2) is 18.0 Å². The topological polar surface area (TPSA) is 124 Å². The predicted molar refractivity (Wildman–Crippen MR) is 144 cm³/mol. The van der Waals surface area contributed by atoms with Crippen molar-refractivity contribution in [3.63, 3.8) is 0 Å². The molecule has 0 aliphatic carbocycles. The molecule has 0 spiro atoms. The summed E-state index contributed by atoms with van der Waals surface area (Å²) in [5.41, 5.74) is 1.38. The Morgan fingerprint density at radius 3 is 2.26 bits per heavy atom. The molecule has 4 aromatic rings. The standard InChI is InChI=1S/C30H28N2O7/c1-19-26(33)23-14-13-22(38-18-37-2)16-25(23)39-28(19)30(36)32-24(15-20-9-5-3-6-10-20)27(34)29(35)31-17-21-11-7-4-8-12-21/h3-14,16,24H,15,17-18H2,1-2H3,(H,31,35)(H,32,36)/t24-/m0/s1. The minimum Gasteiger partial charge on any atom is -0.467 e. The molecule has 1 aromatic heterocycles. The Labute approximate surface area is 224 Å². The molecule has 0 radical (unpaired) electrons. The zero-order valence-corrected chi connectivity index (χ0v) is 21.6. The Morgan fingerprint density at radius 2 is 1.59 bits per heavy atom. The van der Waals surface area contributed by atoms with Gasteiger partial charge in [-0.25, -0.2) is 0 Å². The first kappa shape index (κ1) is 27.3. The normalized spacial score (nSPS) is 11.5. The van der Waals surface area contributed by atoms with E-state index in [1.54, 1.807) is 36.4 Å². The molecule has 0 aliphatic heterocycles. The highest BCUT2D eigenvalue weighted by atomic mass is 16.7. The molecule has 1 atom stereocenters. The van der Waals surface area contributed by atoms with Gasteiger partial charge in [0.2, 0.25) is 5.78 Å². The Bertz CT molecular complexity index is 1530. The Morgan fingerprint density at radius 1 is 0.923 bits per heavy atom. The molecule has 1 heterocycles.